The molecule has 0 bridgehead atoms. The average Bonchev–Trinajstić information content (AvgIpc) is 3.11. The lowest BCUT2D eigenvalue weighted by molar-refractivity contribution is 0.0999. The van der Waals surface area contributed by atoms with Crippen LogP contribution in [0.4, 0.5) is 16.0 Å². The largest absolute Gasteiger partial charge is 0.361 e. The highest BCUT2D eigenvalue weighted by Crippen LogP contribution is 2.35. The van der Waals surface area contributed by atoms with Crippen LogP contribution < -0.4 is 16.2 Å². The van der Waals surface area contributed by atoms with Gasteiger partial charge in [0.25, 0.3) is 0 Å². The number of halogens is 1. The molecule has 2 aromatic heterocycles. The van der Waals surface area contributed by atoms with Gasteiger partial charge in [0.2, 0.25) is 16.0 Å². The van der Waals surface area contributed by atoms with Gasteiger partial charge in [0.1, 0.15) is 22.6 Å². The van der Waals surface area contributed by atoms with Gasteiger partial charge in [0.05, 0.1) is 5.69 Å². The number of primary sulfonamides is 1. The molecule has 3 aromatic rings. The number of nitrogens with zero attached hydrogens (tertiary/aromatic N) is 3. The fourth-order valence-corrected chi connectivity index (χ4v) is 4.68. The molecule has 1 aliphatic rings. The predicted octanol–water partition coefficient (Wildman–Crippen LogP) is 3.07. The lowest BCUT2D eigenvalue weighted by Gasteiger charge is -2.27. The van der Waals surface area contributed by atoms with Crippen LogP contribution in [0.1, 0.15) is 50.1 Å². The molecule has 5 N–H and O–H groups in total. The fraction of sp³-hybridized carbons (Fsp3) is 0.400. The summed E-state index contributed by atoms with van der Waals surface area (Å²) in [5.41, 5.74) is 8.03. The van der Waals surface area contributed by atoms with Crippen LogP contribution in [0.25, 0.3) is 11.0 Å². The van der Waals surface area contributed by atoms with E-state index in [1.807, 2.05) is 6.07 Å². The minimum atomic E-state index is -4.14. The zero-order chi connectivity index (χ0) is 22.2. The molecule has 1 fully saturated rings. The molecule has 1 saturated carbocycles. The Hall–Kier alpha value is -2.60. The van der Waals surface area contributed by atoms with Crippen molar-refractivity contribution in [1.82, 2.24) is 14.5 Å². The van der Waals surface area contributed by atoms with Crippen molar-refractivity contribution < 1.29 is 17.5 Å². The quantitative estimate of drug-likeness (QED) is 0.493. The Kier molecular flexibility index (Phi) is 5.93. The highest BCUT2D eigenvalue weighted by atomic mass is 32.2. The van der Waals surface area contributed by atoms with Gasteiger partial charge in [-0.3, -0.25) is 0 Å². The summed E-state index contributed by atoms with van der Waals surface area (Å²) >= 11 is 0. The molecule has 0 radical (unpaired) electrons. The number of hydrogen-bond acceptors (Lipinski definition) is 7. The summed E-state index contributed by atoms with van der Waals surface area (Å²) in [6.45, 7) is 0. The molecule has 9 nitrogen and oxygen atoms in total. The number of anilines is 2. The number of benzene rings is 1. The van der Waals surface area contributed by atoms with E-state index in [-0.39, 0.29) is 12.0 Å². The molecule has 0 spiro atoms. The van der Waals surface area contributed by atoms with Gasteiger partial charge in [0, 0.05) is 30.4 Å². The molecule has 166 valence electrons. The predicted molar refractivity (Wildman–Crippen MR) is 115 cm³/mol. The minimum Gasteiger partial charge on any atom is -0.361 e. The monoisotopic (exact) mass is 448 g/mol. The Balaban J connectivity index is 1.72. The van der Waals surface area contributed by atoms with E-state index < -0.39 is 27.0 Å². The Morgan fingerprint density at radius 1 is 1.26 bits per heavy atom. The molecule has 31 heavy (non-hydrogen) atoms. The van der Waals surface area contributed by atoms with E-state index in [0.717, 1.165) is 48.9 Å². The van der Waals surface area contributed by atoms with Crippen molar-refractivity contribution in [1.29, 1.82) is 0 Å². The van der Waals surface area contributed by atoms with Crippen LogP contribution in [0.3, 0.4) is 0 Å². The van der Waals surface area contributed by atoms with Crippen molar-refractivity contribution in [2.75, 3.05) is 12.4 Å². The Morgan fingerprint density at radius 3 is 2.65 bits per heavy atom. The highest BCUT2D eigenvalue weighted by Gasteiger charge is 2.24. The van der Waals surface area contributed by atoms with Gasteiger partial charge < -0.3 is 20.4 Å². The Morgan fingerprint density at radius 2 is 2.00 bits per heavy atom. The van der Waals surface area contributed by atoms with Gasteiger partial charge >= 0.3 is 0 Å². The maximum absolute atomic E-state index is 14.2. The summed E-state index contributed by atoms with van der Waals surface area (Å²) in [5, 5.41) is 8.76. The van der Waals surface area contributed by atoms with Crippen molar-refractivity contribution in [3.05, 3.63) is 42.0 Å². The van der Waals surface area contributed by atoms with Crippen molar-refractivity contribution in [2.24, 2.45) is 10.9 Å². The second kappa shape index (κ2) is 8.50. The molecule has 0 amide bonds. The summed E-state index contributed by atoms with van der Waals surface area (Å²) in [4.78, 5) is 8.38. The van der Waals surface area contributed by atoms with Crippen molar-refractivity contribution in [2.45, 2.75) is 49.3 Å². The van der Waals surface area contributed by atoms with E-state index in [9.17, 15) is 12.8 Å². The SMILES string of the molecule is COC(N)c1cc2cnc(Nc3ccc(S(N)(=O)=O)c(F)c3)nc2n1C1CCCCC1. The summed E-state index contributed by atoms with van der Waals surface area (Å²) in [7, 11) is -2.58. The van der Waals surface area contributed by atoms with Crippen LogP contribution in [0.2, 0.25) is 0 Å². The maximum atomic E-state index is 14.2. The summed E-state index contributed by atoms with van der Waals surface area (Å²) in [6.07, 6.45) is 6.62. The van der Waals surface area contributed by atoms with E-state index in [1.165, 1.54) is 12.5 Å². The van der Waals surface area contributed by atoms with Crippen molar-refractivity contribution in [3.63, 3.8) is 0 Å². The number of rotatable bonds is 6. The van der Waals surface area contributed by atoms with Crippen molar-refractivity contribution in [3.8, 4) is 0 Å². The number of sulfonamides is 1. The van der Waals surface area contributed by atoms with Crippen LogP contribution in [0.15, 0.2) is 35.4 Å². The molecule has 2 heterocycles. The fourth-order valence-electron chi connectivity index (χ4n) is 4.09. The van der Waals surface area contributed by atoms with E-state index in [0.29, 0.717) is 11.3 Å². The Bertz CT molecular complexity index is 1210. The second-order valence-electron chi connectivity index (χ2n) is 7.68. The molecular formula is C20H25FN6O3S. The molecule has 0 aliphatic heterocycles. The number of nitrogens with two attached hydrogens (primary N) is 2. The van der Waals surface area contributed by atoms with Crippen LogP contribution in [-0.2, 0) is 14.8 Å². The summed E-state index contributed by atoms with van der Waals surface area (Å²) < 4.78 is 44.5. The Labute approximate surface area is 179 Å². The van der Waals surface area contributed by atoms with Gasteiger partial charge in [-0.25, -0.2) is 22.9 Å². The third-order valence-electron chi connectivity index (χ3n) is 5.59. The number of hydrogen-bond donors (Lipinski definition) is 3. The molecule has 4 rings (SSSR count). The molecule has 11 heteroatoms. The topological polar surface area (TPSA) is 138 Å². The number of fused-ring (bicyclic) bond motifs is 1. The molecule has 1 unspecified atom stereocenters. The zero-order valence-electron chi connectivity index (χ0n) is 17.1. The van der Waals surface area contributed by atoms with Crippen LogP contribution in [0, 0.1) is 5.82 Å². The number of aromatic nitrogens is 3. The summed E-state index contributed by atoms with van der Waals surface area (Å²) in [5.74, 6) is -0.699. The highest BCUT2D eigenvalue weighted by molar-refractivity contribution is 7.89. The average molecular weight is 449 g/mol. The second-order valence-corrected chi connectivity index (χ2v) is 9.20. The zero-order valence-corrected chi connectivity index (χ0v) is 17.9. The summed E-state index contributed by atoms with van der Waals surface area (Å²) in [6, 6.07) is 5.74. The van der Waals surface area contributed by atoms with Crippen molar-refractivity contribution >= 4 is 32.7 Å². The third-order valence-corrected chi connectivity index (χ3v) is 6.53. The minimum absolute atomic E-state index is 0.253. The van der Waals surface area contributed by atoms with Gasteiger partial charge in [-0.15, -0.1) is 0 Å². The standard InChI is InChI=1S/C20H25FN6O3S/c1-30-18(22)16-9-12-11-24-20(26-19(12)27(16)14-5-3-2-4-6-14)25-13-7-8-17(15(21)10-13)31(23,28)29/h7-11,14,18H,2-6,22H2,1H3,(H2,23,28,29)(H,24,25,26). The molecule has 1 aliphatic carbocycles. The first-order chi connectivity index (χ1) is 14.8. The molecular weight excluding hydrogens is 423 g/mol. The van der Waals surface area contributed by atoms with Crippen LogP contribution in [0.5, 0.6) is 0 Å². The van der Waals surface area contributed by atoms with Gasteiger partial charge in [0.15, 0.2) is 0 Å². The number of nitrogens with one attached hydrogen (secondary N) is 1. The van der Waals surface area contributed by atoms with Crippen LogP contribution >= 0.6 is 0 Å². The third kappa shape index (κ3) is 4.40. The van der Waals surface area contributed by atoms with E-state index in [2.05, 4.69) is 19.9 Å². The number of ether oxygens (including phenoxy) is 1. The van der Waals surface area contributed by atoms with E-state index >= 15 is 0 Å². The molecule has 1 aromatic carbocycles. The molecule has 1 atom stereocenters. The first-order valence-corrected chi connectivity index (χ1v) is 11.6. The van der Waals surface area contributed by atoms with Gasteiger partial charge in [-0.05, 0) is 37.1 Å². The maximum Gasteiger partial charge on any atom is 0.240 e. The van der Waals surface area contributed by atoms with Gasteiger partial charge in [-0.2, -0.15) is 4.98 Å². The first kappa shape index (κ1) is 21.6. The lowest BCUT2D eigenvalue weighted by Crippen LogP contribution is -2.22. The van der Waals surface area contributed by atoms with Gasteiger partial charge in [-0.1, -0.05) is 19.3 Å². The van der Waals surface area contributed by atoms with E-state index in [4.69, 9.17) is 15.6 Å². The first-order valence-electron chi connectivity index (χ1n) is 10.0. The van der Waals surface area contributed by atoms with E-state index in [1.54, 1.807) is 13.3 Å². The lowest BCUT2D eigenvalue weighted by atomic mass is 9.95. The smallest absolute Gasteiger partial charge is 0.240 e. The normalized spacial score (nSPS) is 16.5. The number of methoxy groups -OCH3 is 1. The molecule has 0 saturated heterocycles. The van der Waals surface area contributed by atoms with Crippen LogP contribution in [-0.4, -0.2) is 30.1 Å².